The van der Waals surface area contributed by atoms with Crippen LogP contribution in [0.1, 0.15) is 49.4 Å². The second-order valence-corrected chi connectivity index (χ2v) is 6.28. The zero-order valence-corrected chi connectivity index (χ0v) is 12.4. The van der Waals surface area contributed by atoms with E-state index in [0.717, 1.165) is 30.1 Å². The predicted molar refractivity (Wildman–Crippen MR) is 82.5 cm³/mol. The number of hydrogen-bond acceptors (Lipinski definition) is 3. The van der Waals surface area contributed by atoms with E-state index in [9.17, 15) is 0 Å². The Kier molecular flexibility index (Phi) is 3.40. The Morgan fingerprint density at radius 2 is 2.10 bits per heavy atom. The van der Waals surface area contributed by atoms with Crippen LogP contribution in [0, 0.1) is 11.3 Å². The predicted octanol–water partition coefficient (Wildman–Crippen LogP) is 2.48. The smallest absolute Gasteiger partial charge is 0.139 e. The molecule has 1 atom stereocenters. The van der Waals surface area contributed by atoms with Gasteiger partial charge in [-0.15, -0.1) is 0 Å². The summed E-state index contributed by atoms with van der Waals surface area (Å²) < 4.78 is 0. The van der Waals surface area contributed by atoms with Crippen LogP contribution in [0.15, 0.2) is 6.07 Å². The van der Waals surface area contributed by atoms with Crippen LogP contribution < -0.4 is 10.6 Å². The molecule has 1 heterocycles. The number of anilines is 1. The van der Waals surface area contributed by atoms with Gasteiger partial charge in [0.15, 0.2) is 0 Å². The summed E-state index contributed by atoms with van der Waals surface area (Å²) >= 11 is 0. The Balaban J connectivity index is 2.00. The molecule has 1 aromatic rings. The zero-order valence-electron chi connectivity index (χ0n) is 12.4. The van der Waals surface area contributed by atoms with E-state index in [1.54, 1.807) is 0 Å². The highest BCUT2D eigenvalue weighted by atomic mass is 15.2. The molecule has 2 aliphatic carbocycles. The molecule has 2 aliphatic rings. The molecule has 4 heteroatoms. The monoisotopic (exact) mass is 272 g/mol. The van der Waals surface area contributed by atoms with Crippen LogP contribution in [0.4, 0.5) is 5.82 Å². The number of nitrogens with two attached hydrogens (primary N) is 1. The molecule has 1 unspecified atom stereocenters. The van der Waals surface area contributed by atoms with Crippen molar-refractivity contribution < 1.29 is 0 Å². The first kappa shape index (κ1) is 13.4. The van der Waals surface area contributed by atoms with Gasteiger partial charge in [0.2, 0.25) is 0 Å². The molecule has 0 saturated heterocycles. The van der Waals surface area contributed by atoms with Crippen molar-refractivity contribution in [2.45, 2.75) is 51.5 Å². The normalized spacial score (nSPS) is 19.3. The molecule has 0 radical (unpaired) electrons. The fourth-order valence-corrected chi connectivity index (χ4v) is 3.18. The molecule has 0 aliphatic heterocycles. The molecule has 0 spiro atoms. The minimum atomic E-state index is 0.135. The second-order valence-electron chi connectivity index (χ2n) is 6.28. The Morgan fingerprint density at radius 3 is 2.75 bits per heavy atom. The van der Waals surface area contributed by atoms with Crippen molar-refractivity contribution in [3.05, 3.63) is 22.9 Å². The largest absolute Gasteiger partial charge is 0.384 e. The highest BCUT2D eigenvalue weighted by molar-refractivity contribution is 5.99. The van der Waals surface area contributed by atoms with Gasteiger partial charge in [-0.2, -0.15) is 0 Å². The quantitative estimate of drug-likeness (QED) is 0.653. The molecule has 0 aromatic carbocycles. The van der Waals surface area contributed by atoms with Crippen LogP contribution in [-0.4, -0.2) is 23.9 Å². The first-order valence-corrected chi connectivity index (χ1v) is 7.68. The molecule has 0 amide bonds. The Labute approximate surface area is 120 Å². The lowest BCUT2D eigenvalue weighted by Gasteiger charge is -2.29. The number of nitrogen functional groups attached to an aromatic ring is 1. The molecule has 4 nitrogen and oxygen atoms in total. The summed E-state index contributed by atoms with van der Waals surface area (Å²) in [5.41, 5.74) is 9.10. The molecule has 0 bridgehead atoms. The molecule has 1 fully saturated rings. The van der Waals surface area contributed by atoms with Crippen molar-refractivity contribution in [1.82, 2.24) is 4.98 Å². The summed E-state index contributed by atoms with van der Waals surface area (Å²) in [4.78, 5) is 7.10. The van der Waals surface area contributed by atoms with E-state index in [4.69, 9.17) is 16.1 Å². The lowest BCUT2D eigenvalue weighted by molar-refractivity contribution is 0.598. The van der Waals surface area contributed by atoms with Gasteiger partial charge in [0.25, 0.3) is 0 Å². The summed E-state index contributed by atoms with van der Waals surface area (Å²) in [5.74, 6) is 1.81. The maximum absolute atomic E-state index is 7.86. The van der Waals surface area contributed by atoms with Gasteiger partial charge < -0.3 is 10.6 Å². The molecule has 3 N–H and O–H groups in total. The number of aromatic nitrogens is 1. The first-order valence-electron chi connectivity index (χ1n) is 7.68. The third kappa shape index (κ3) is 2.39. The summed E-state index contributed by atoms with van der Waals surface area (Å²) in [6.45, 7) is 2.25. The standard InChI is InChI=1S/C16H24N4/c1-10(11-7-8-11)20(2)16-13(15(17)18)9-12-5-3-4-6-14(12)19-16/h9-11H,3-8H2,1-2H3,(H3,17,18). The summed E-state index contributed by atoms with van der Waals surface area (Å²) in [5, 5.41) is 7.86. The van der Waals surface area contributed by atoms with Gasteiger partial charge in [-0.05, 0) is 63.0 Å². The van der Waals surface area contributed by atoms with Crippen molar-refractivity contribution in [1.29, 1.82) is 5.41 Å². The number of hydrogen-bond donors (Lipinski definition) is 2. The number of pyridine rings is 1. The molecule has 20 heavy (non-hydrogen) atoms. The summed E-state index contributed by atoms with van der Waals surface area (Å²) in [6, 6.07) is 2.58. The van der Waals surface area contributed by atoms with Gasteiger partial charge in [-0.25, -0.2) is 4.98 Å². The van der Waals surface area contributed by atoms with E-state index in [1.807, 2.05) is 0 Å². The molecular weight excluding hydrogens is 248 g/mol. The van der Waals surface area contributed by atoms with E-state index in [0.29, 0.717) is 6.04 Å². The topological polar surface area (TPSA) is 66.0 Å². The van der Waals surface area contributed by atoms with Crippen molar-refractivity contribution >= 4 is 11.7 Å². The zero-order chi connectivity index (χ0) is 14.3. The van der Waals surface area contributed by atoms with Crippen molar-refractivity contribution in [3.63, 3.8) is 0 Å². The average molecular weight is 272 g/mol. The van der Waals surface area contributed by atoms with Crippen LogP contribution >= 0.6 is 0 Å². The minimum absolute atomic E-state index is 0.135. The van der Waals surface area contributed by atoms with Crippen molar-refractivity contribution in [3.8, 4) is 0 Å². The van der Waals surface area contributed by atoms with Gasteiger partial charge in [-0.3, -0.25) is 5.41 Å². The van der Waals surface area contributed by atoms with Crippen molar-refractivity contribution in [2.24, 2.45) is 11.7 Å². The molecule has 3 rings (SSSR count). The van der Waals surface area contributed by atoms with Gasteiger partial charge >= 0.3 is 0 Å². The van der Waals surface area contributed by atoms with E-state index in [-0.39, 0.29) is 5.84 Å². The lowest BCUT2D eigenvalue weighted by atomic mass is 9.94. The van der Waals surface area contributed by atoms with Crippen LogP contribution in [0.5, 0.6) is 0 Å². The van der Waals surface area contributed by atoms with E-state index >= 15 is 0 Å². The Bertz CT molecular complexity index is 534. The molecule has 1 saturated carbocycles. The Morgan fingerprint density at radius 1 is 1.40 bits per heavy atom. The number of aryl methyl sites for hydroxylation is 2. The number of nitrogens with one attached hydrogen (secondary N) is 1. The lowest BCUT2D eigenvalue weighted by Crippen LogP contribution is -2.34. The van der Waals surface area contributed by atoms with Gasteiger partial charge in [0.05, 0.1) is 5.56 Å². The summed E-state index contributed by atoms with van der Waals surface area (Å²) in [7, 11) is 2.09. The maximum atomic E-state index is 7.86. The first-order chi connectivity index (χ1) is 9.58. The average Bonchev–Trinajstić information content (AvgIpc) is 3.28. The fraction of sp³-hybridized carbons (Fsp3) is 0.625. The Hall–Kier alpha value is -1.58. The number of rotatable bonds is 4. The van der Waals surface area contributed by atoms with Crippen molar-refractivity contribution in [2.75, 3.05) is 11.9 Å². The van der Waals surface area contributed by atoms with Crippen LogP contribution in [0.25, 0.3) is 0 Å². The molecule has 108 valence electrons. The third-order valence-electron chi connectivity index (χ3n) is 4.82. The number of amidine groups is 1. The second kappa shape index (κ2) is 5.08. The van der Waals surface area contributed by atoms with E-state index < -0.39 is 0 Å². The van der Waals surface area contributed by atoms with Gasteiger partial charge in [-0.1, -0.05) is 0 Å². The van der Waals surface area contributed by atoms with E-state index in [2.05, 4.69) is 24.9 Å². The van der Waals surface area contributed by atoms with Crippen LogP contribution in [0.3, 0.4) is 0 Å². The molecule has 1 aromatic heterocycles. The number of nitrogens with zero attached hydrogens (tertiary/aromatic N) is 2. The maximum Gasteiger partial charge on any atom is 0.139 e. The summed E-state index contributed by atoms with van der Waals surface area (Å²) in [6.07, 6.45) is 7.20. The highest BCUT2D eigenvalue weighted by Crippen LogP contribution is 2.37. The van der Waals surface area contributed by atoms with Gasteiger partial charge in [0, 0.05) is 18.8 Å². The number of fused-ring (bicyclic) bond motifs is 1. The van der Waals surface area contributed by atoms with Crippen LogP contribution in [0.2, 0.25) is 0 Å². The highest BCUT2D eigenvalue weighted by Gasteiger charge is 2.32. The van der Waals surface area contributed by atoms with Gasteiger partial charge in [0.1, 0.15) is 11.7 Å². The SMILES string of the molecule is CC(C1CC1)N(C)c1nc2c(cc1C(=N)N)CCCC2. The minimum Gasteiger partial charge on any atom is -0.384 e. The molecular formula is C16H24N4. The van der Waals surface area contributed by atoms with E-state index in [1.165, 1.54) is 36.9 Å². The fourth-order valence-electron chi connectivity index (χ4n) is 3.18. The third-order valence-corrected chi connectivity index (χ3v) is 4.82. The van der Waals surface area contributed by atoms with Crippen LogP contribution in [-0.2, 0) is 12.8 Å².